The van der Waals surface area contributed by atoms with Crippen molar-refractivity contribution in [1.82, 2.24) is 5.32 Å². The highest BCUT2D eigenvalue weighted by atomic mass is 16.8. The molecule has 2 aliphatic heterocycles. The Bertz CT molecular complexity index is 769. The van der Waals surface area contributed by atoms with Gasteiger partial charge in [-0.2, -0.15) is 0 Å². The highest BCUT2D eigenvalue weighted by molar-refractivity contribution is 5.78. The average molecular weight is 452 g/mol. The van der Waals surface area contributed by atoms with Crippen molar-refractivity contribution in [2.24, 2.45) is 5.92 Å². The van der Waals surface area contributed by atoms with Crippen LogP contribution in [0.25, 0.3) is 0 Å². The molecule has 1 amide bonds. The zero-order chi connectivity index (χ0) is 23.3. The van der Waals surface area contributed by atoms with Crippen LogP contribution in [0.4, 0.5) is 0 Å². The maximum atomic E-state index is 12.6. The van der Waals surface area contributed by atoms with Gasteiger partial charge in [-0.25, -0.2) is 4.79 Å². The van der Waals surface area contributed by atoms with Crippen molar-refractivity contribution in [3.63, 3.8) is 0 Å². The van der Waals surface area contributed by atoms with Gasteiger partial charge in [-0.15, -0.1) is 0 Å². The van der Waals surface area contributed by atoms with Crippen LogP contribution in [0.15, 0.2) is 30.3 Å². The molecular weight excluding hydrogens is 418 g/mol. The molecule has 2 aliphatic rings. The van der Waals surface area contributed by atoms with Crippen LogP contribution in [0.3, 0.4) is 0 Å². The Hall–Kier alpha value is -2.04. The Morgan fingerprint density at radius 1 is 1.19 bits per heavy atom. The first-order valence-electron chi connectivity index (χ1n) is 10.8. The molecule has 0 bridgehead atoms. The van der Waals surface area contributed by atoms with Gasteiger partial charge in [-0.3, -0.25) is 4.79 Å². The fourth-order valence-electron chi connectivity index (χ4n) is 3.63. The molecule has 0 aromatic heterocycles. The SMILES string of the molecule is COC(=O)CO[C@@H]1[C@@H](NC(=O)C(C)C)[C@@H](OCc2ccccc2)O[C@@H]2COC(C)(C)O[C@@H]12. The highest BCUT2D eigenvalue weighted by Crippen LogP contribution is 2.34. The summed E-state index contributed by atoms with van der Waals surface area (Å²) in [4.78, 5) is 24.4. The standard InChI is InChI=1S/C23H33NO8/c1-14(2)21(26)24-18-20(28-13-17(25)27-5)19-16(12-30-23(3,4)32-19)31-22(18)29-11-15-9-7-6-8-10-15/h6-10,14,16,18-20,22H,11-13H2,1-5H3,(H,24,26)/t16-,18-,19-,20-,22+/m1/s1. The number of benzene rings is 1. The number of hydrogen-bond acceptors (Lipinski definition) is 8. The zero-order valence-corrected chi connectivity index (χ0v) is 19.2. The minimum absolute atomic E-state index is 0.191. The van der Waals surface area contributed by atoms with Crippen molar-refractivity contribution >= 4 is 11.9 Å². The summed E-state index contributed by atoms with van der Waals surface area (Å²) >= 11 is 0. The van der Waals surface area contributed by atoms with Crippen molar-refractivity contribution in [3.8, 4) is 0 Å². The Labute approximate surface area is 188 Å². The smallest absolute Gasteiger partial charge is 0.331 e. The van der Waals surface area contributed by atoms with Gasteiger partial charge in [0.15, 0.2) is 12.1 Å². The zero-order valence-electron chi connectivity index (χ0n) is 19.2. The number of esters is 1. The summed E-state index contributed by atoms with van der Waals surface area (Å²) < 4.78 is 34.8. The summed E-state index contributed by atoms with van der Waals surface area (Å²) in [6.07, 6.45) is -2.65. The summed E-state index contributed by atoms with van der Waals surface area (Å²) in [5, 5.41) is 2.97. The first-order chi connectivity index (χ1) is 15.2. The summed E-state index contributed by atoms with van der Waals surface area (Å²) in [7, 11) is 1.29. The lowest BCUT2D eigenvalue weighted by molar-refractivity contribution is -0.372. The quantitative estimate of drug-likeness (QED) is 0.597. The molecule has 2 fully saturated rings. The molecule has 0 unspecified atom stereocenters. The van der Waals surface area contributed by atoms with E-state index in [4.69, 9.17) is 28.4 Å². The monoisotopic (exact) mass is 451 g/mol. The molecule has 1 aromatic carbocycles. The molecule has 5 atom stereocenters. The molecule has 32 heavy (non-hydrogen) atoms. The van der Waals surface area contributed by atoms with Crippen molar-refractivity contribution in [1.29, 1.82) is 0 Å². The van der Waals surface area contributed by atoms with E-state index in [-0.39, 0.29) is 31.6 Å². The van der Waals surface area contributed by atoms with Gasteiger partial charge < -0.3 is 33.7 Å². The average Bonchev–Trinajstić information content (AvgIpc) is 2.77. The van der Waals surface area contributed by atoms with E-state index in [1.807, 2.05) is 30.3 Å². The van der Waals surface area contributed by atoms with Gasteiger partial charge in [0.25, 0.3) is 0 Å². The van der Waals surface area contributed by atoms with Gasteiger partial charge in [-0.05, 0) is 19.4 Å². The Kier molecular flexibility index (Phi) is 8.24. The lowest BCUT2D eigenvalue weighted by Crippen LogP contribution is -2.69. The number of methoxy groups -OCH3 is 1. The second-order valence-electron chi connectivity index (χ2n) is 8.67. The Morgan fingerprint density at radius 3 is 2.56 bits per heavy atom. The first kappa shape index (κ1) is 24.6. The third-order valence-electron chi connectivity index (χ3n) is 5.37. The minimum Gasteiger partial charge on any atom is -0.467 e. The molecule has 178 valence electrons. The van der Waals surface area contributed by atoms with Crippen molar-refractivity contribution in [2.75, 3.05) is 20.3 Å². The van der Waals surface area contributed by atoms with Crippen molar-refractivity contribution in [2.45, 2.75) is 70.7 Å². The molecule has 1 N–H and O–H groups in total. The predicted molar refractivity (Wildman–Crippen MR) is 113 cm³/mol. The predicted octanol–water partition coefficient (Wildman–Crippen LogP) is 1.78. The molecule has 1 aromatic rings. The van der Waals surface area contributed by atoms with E-state index < -0.39 is 42.4 Å². The molecule has 9 heteroatoms. The number of amides is 1. The molecule has 0 radical (unpaired) electrons. The fraction of sp³-hybridized carbons (Fsp3) is 0.652. The fourth-order valence-corrected chi connectivity index (χ4v) is 3.63. The van der Waals surface area contributed by atoms with E-state index in [2.05, 4.69) is 5.32 Å². The topological polar surface area (TPSA) is 102 Å². The normalized spacial score (nSPS) is 29.2. The molecule has 0 spiro atoms. The maximum Gasteiger partial charge on any atom is 0.331 e. The van der Waals surface area contributed by atoms with Crippen LogP contribution in [0, 0.1) is 5.92 Å². The van der Waals surface area contributed by atoms with E-state index in [0.717, 1.165) is 5.56 Å². The largest absolute Gasteiger partial charge is 0.467 e. The number of ether oxygens (including phenoxy) is 6. The second-order valence-corrected chi connectivity index (χ2v) is 8.67. The first-order valence-corrected chi connectivity index (χ1v) is 10.8. The van der Waals surface area contributed by atoms with E-state index in [0.29, 0.717) is 0 Å². The lowest BCUT2D eigenvalue weighted by atomic mass is 9.94. The summed E-state index contributed by atoms with van der Waals surface area (Å²) in [6, 6.07) is 8.92. The van der Waals surface area contributed by atoms with Gasteiger partial charge in [0.1, 0.15) is 31.0 Å². The van der Waals surface area contributed by atoms with Gasteiger partial charge in [0.05, 0.1) is 20.3 Å². The van der Waals surface area contributed by atoms with Crippen molar-refractivity contribution < 1.29 is 38.0 Å². The van der Waals surface area contributed by atoms with Crippen LogP contribution in [0.1, 0.15) is 33.3 Å². The van der Waals surface area contributed by atoms with Crippen LogP contribution in [0.5, 0.6) is 0 Å². The number of rotatable bonds is 8. The third-order valence-corrected chi connectivity index (χ3v) is 5.37. The van der Waals surface area contributed by atoms with Crippen molar-refractivity contribution in [3.05, 3.63) is 35.9 Å². The third kappa shape index (κ3) is 6.26. The minimum atomic E-state index is -0.873. The Balaban J connectivity index is 1.86. The summed E-state index contributed by atoms with van der Waals surface area (Å²) in [5.41, 5.74) is 0.955. The van der Waals surface area contributed by atoms with Crippen LogP contribution < -0.4 is 5.32 Å². The number of carbonyl (C=O) groups is 2. The number of nitrogens with one attached hydrogen (secondary N) is 1. The van der Waals surface area contributed by atoms with Gasteiger partial charge in [-0.1, -0.05) is 44.2 Å². The van der Waals surface area contributed by atoms with Crippen LogP contribution in [-0.4, -0.2) is 68.6 Å². The van der Waals surface area contributed by atoms with E-state index in [1.165, 1.54) is 7.11 Å². The molecule has 0 saturated carbocycles. The molecule has 0 aliphatic carbocycles. The second kappa shape index (κ2) is 10.7. The highest BCUT2D eigenvalue weighted by Gasteiger charge is 2.53. The van der Waals surface area contributed by atoms with Crippen LogP contribution in [-0.2, 0) is 44.6 Å². The van der Waals surface area contributed by atoms with Crippen LogP contribution >= 0.6 is 0 Å². The number of fused-ring (bicyclic) bond motifs is 1. The summed E-state index contributed by atoms with van der Waals surface area (Å²) in [5.74, 6) is -1.86. The molecule has 2 heterocycles. The lowest BCUT2D eigenvalue weighted by Gasteiger charge is -2.51. The maximum absolute atomic E-state index is 12.6. The van der Waals surface area contributed by atoms with E-state index >= 15 is 0 Å². The van der Waals surface area contributed by atoms with E-state index in [1.54, 1.807) is 27.7 Å². The van der Waals surface area contributed by atoms with E-state index in [9.17, 15) is 9.59 Å². The van der Waals surface area contributed by atoms with Gasteiger partial charge in [0.2, 0.25) is 5.91 Å². The molecule has 9 nitrogen and oxygen atoms in total. The molecule has 2 saturated heterocycles. The summed E-state index contributed by atoms with van der Waals surface area (Å²) in [6.45, 7) is 7.40. The Morgan fingerprint density at radius 2 is 1.91 bits per heavy atom. The number of hydrogen-bond donors (Lipinski definition) is 1. The van der Waals surface area contributed by atoms with Crippen LogP contribution in [0.2, 0.25) is 0 Å². The van der Waals surface area contributed by atoms with Gasteiger partial charge in [0, 0.05) is 5.92 Å². The number of carbonyl (C=O) groups excluding carboxylic acids is 2. The van der Waals surface area contributed by atoms with Gasteiger partial charge >= 0.3 is 5.97 Å². The molecular formula is C23H33NO8. The molecule has 3 rings (SSSR count).